The van der Waals surface area contributed by atoms with Gasteiger partial charge in [0.15, 0.2) is 5.03 Å². The molecule has 1 heterocycles. The first-order valence-electron chi connectivity index (χ1n) is 6.81. The van der Waals surface area contributed by atoms with Crippen LogP contribution in [0.2, 0.25) is 0 Å². The Hall–Kier alpha value is -0.960. The minimum absolute atomic E-state index is 0.163. The van der Waals surface area contributed by atoms with Crippen LogP contribution in [0.3, 0.4) is 0 Å². The van der Waals surface area contributed by atoms with Gasteiger partial charge in [-0.25, -0.2) is 13.1 Å². The van der Waals surface area contributed by atoms with Crippen molar-refractivity contribution in [3.05, 3.63) is 11.8 Å². The molecule has 1 unspecified atom stereocenters. The number of nitrogens with zero attached hydrogens (tertiary/aromatic N) is 2. The van der Waals surface area contributed by atoms with Crippen molar-refractivity contribution in [1.29, 1.82) is 0 Å². The SMILES string of the molecule is CC(CN(C)C)NS(=O)(=O)c1[nH]ncc1CNC1CC1. The predicted octanol–water partition coefficient (Wildman–Crippen LogP) is -0.110. The summed E-state index contributed by atoms with van der Waals surface area (Å²) in [4.78, 5) is 1.94. The Kier molecular flexibility index (Phi) is 4.79. The lowest BCUT2D eigenvalue weighted by Gasteiger charge is -2.18. The molecule has 1 aromatic rings. The van der Waals surface area contributed by atoms with E-state index in [0.29, 0.717) is 24.7 Å². The topological polar surface area (TPSA) is 90.1 Å². The van der Waals surface area contributed by atoms with Gasteiger partial charge in [0.2, 0.25) is 0 Å². The molecule has 1 saturated carbocycles. The van der Waals surface area contributed by atoms with E-state index in [1.165, 1.54) is 0 Å². The van der Waals surface area contributed by atoms with Gasteiger partial charge in [0, 0.05) is 30.7 Å². The van der Waals surface area contributed by atoms with Gasteiger partial charge in [-0.3, -0.25) is 5.10 Å². The molecule has 1 fully saturated rings. The zero-order valence-corrected chi connectivity index (χ0v) is 13.0. The summed E-state index contributed by atoms with van der Waals surface area (Å²) in [6, 6.07) is 0.364. The first-order chi connectivity index (χ1) is 9.38. The number of likely N-dealkylation sites (N-methyl/N-ethyl adjacent to an activating group) is 1. The molecule has 0 saturated heterocycles. The molecule has 0 aromatic carbocycles. The van der Waals surface area contributed by atoms with Gasteiger partial charge in [-0.1, -0.05) is 0 Å². The van der Waals surface area contributed by atoms with E-state index in [0.717, 1.165) is 12.8 Å². The first kappa shape index (κ1) is 15.4. The van der Waals surface area contributed by atoms with Gasteiger partial charge in [0.05, 0.1) is 6.20 Å². The second-order valence-corrected chi connectivity index (χ2v) is 7.31. The monoisotopic (exact) mass is 301 g/mol. The number of rotatable bonds is 8. The molecular formula is C12H23N5O2S. The number of H-pyrrole nitrogens is 1. The fourth-order valence-corrected chi connectivity index (χ4v) is 3.47. The second kappa shape index (κ2) is 6.21. The van der Waals surface area contributed by atoms with E-state index in [2.05, 4.69) is 20.2 Å². The number of sulfonamides is 1. The molecule has 1 atom stereocenters. The summed E-state index contributed by atoms with van der Waals surface area (Å²) >= 11 is 0. The lowest BCUT2D eigenvalue weighted by molar-refractivity contribution is 0.370. The molecule has 7 nitrogen and oxygen atoms in total. The minimum Gasteiger partial charge on any atom is -0.310 e. The third-order valence-electron chi connectivity index (χ3n) is 3.10. The predicted molar refractivity (Wildman–Crippen MR) is 76.8 cm³/mol. The molecule has 114 valence electrons. The summed E-state index contributed by atoms with van der Waals surface area (Å²) in [5, 5.41) is 9.91. The van der Waals surface area contributed by atoms with Gasteiger partial charge in [-0.05, 0) is 33.9 Å². The van der Waals surface area contributed by atoms with Crippen LogP contribution in [0, 0.1) is 0 Å². The molecule has 1 aliphatic rings. The minimum atomic E-state index is -3.55. The largest absolute Gasteiger partial charge is 0.310 e. The average molecular weight is 301 g/mol. The van der Waals surface area contributed by atoms with E-state index in [-0.39, 0.29) is 11.1 Å². The van der Waals surface area contributed by atoms with Crippen LogP contribution >= 0.6 is 0 Å². The van der Waals surface area contributed by atoms with Crippen LogP contribution in [0.5, 0.6) is 0 Å². The number of hydrogen-bond acceptors (Lipinski definition) is 5. The van der Waals surface area contributed by atoms with E-state index in [4.69, 9.17) is 0 Å². The van der Waals surface area contributed by atoms with E-state index >= 15 is 0 Å². The van der Waals surface area contributed by atoms with Crippen LogP contribution in [-0.2, 0) is 16.6 Å². The number of hydrogen-bond donors (Lipinski definition) is 3. The van der Waals surface area contributed by atoms with Crippen LogP contribution in [0.4, 0.5) is 0 Å². The molecular weight excluding hydrogens is 278 g/mol. The van der Waals surface area contributed by atoms with E-state index in [1.807, 2.05) is 25.9 Å². The zero-order chi connectivity index (χ0) is 14.8. The molecule has 0 radical (unpaired) electrons. The summed E-state index contributed by atoms with van der Waals surface area (Å²) in [6.45, 7) is 3.01. The Morgan fingerprint density at radius 1 is 1.50 bits per heavy atom. The Morgan fingerprint density at radius 3 is 2.80 bits per heavy atom. The molecule has 0 bridgehead atoms. The van der Waals surface area contributed by atoms with Crippen LogP contribution in [0.1, 0.15) is 25.3 Å². The van der Waals surface area contributed by atoms with Crippen molar-refractivity contribution in [2.45, 2.75) is 43.4 Å². The molecule has 0 amide bonds. The summed E-state index contributed by atoms with van der Waals surface area (Å²) in [6.07, 6.45) is 3.90. The van der Waals surface area contributed by atoms with Gasteiger partial charge in [0.25, 0.3) is 10.0 Å². The molecule has 1 aromatic heterocycles. The molecule has 1 aliphatic carbocycles. The fourth-order valence-electron chi connectivity index (χ4n) is 2.11. The van der Waals surface area contributed by atoms with Crippen molar-refractivity contribution in [3.8, 4) is 0 Å². The Balaban J connectivity index is 2.02. The maximum absolute atomic E-state index is 12.3. The van der Waals surface area contributed by atoms with Gasteiger partial charge >= 0.3 is 0 Å². The van der Waals surface area contributed by atoms with Crippen LogP contribution in [0.15, 0.2) is 11.2 Å². The summed E-state index contributed by atoms with van der Waals surface area (Å²) in [7, 11) is 0.263. The lowest BCUT2D eigenvalue weighted by Crippen LogP contribution is -2.40. The van der Waals surface area contributed by atoms with E-state index < -0.39 is 10.0 Å². The van der Waals surface area contributed by atoms with Crippen molar-refractivity contribution in [3.63, 3.8) is 0 Å². The van der Waals surface area contributed by atoms with Crippen LogP contribution in [-0.4, -0.2) is 56.2 Å². The first-order valence-corrected chi connectivity index (χ1v) is 8.29. The third kappa shape index (κ3) is 4.27. The van der Waals surface area contributed by atoms with Gasteiger partial charge in [-0.15, -0.1) is 0 Å². The third-order valence-corrected chi connectivity index (χ3v) is 4.70. The molecule has 3 N–H and O–H groups in total. The summed E-state index contributed by atoms with van der Waals surface area (Å²) < 4.78 is 27.3. The van der Waals surface area contributed by atoms with E-state index in [1.54, 1.807) is 6.20 Å². The molecule has 20 heavy (non-hydrogen) atoms. The van der Waals surface area contributed by atoms with Gasteiger partial charge in [0.1, 0.15) is 0 Å². The zero-order valence-electron chi connectivity index (χ0n) is 12.2. The van der Waals surface area contributed by atoms with E-state index in [9.17, 15) is 8.42 Å². The average Bonchev–Trinajstić information content (AvgIpc) is 3.00. The highest BCUT2D eigenvalue weighted by atomic mass is 32.2. The van der Waals surface area contributed by atoms with Crippen molar-refractivity contribution in [1.82, 2.24) is 25.1 Å². The van der Waals surface area contributed by atoms with Crippen molar-refractivity contribution < 1.29 is 8.42 Å². The second-order valence-electron chi connectivity index (χ2n) is 5.66. The summed E-state index contributed by atoms with van der Waals surface area (Å²) in [5.74, 6) is 0. The van der Waals surface area contributed by atoms with Crippen molar-refractivity contribution in [2.24, 2.45) is 0 Å². The highest BCUT2D eigenvalue weighted by molar-refractivity contribution is 7.89. The Morgan fingerprint density at radius 2 is 2.20 bits per heavy atom. The summed E-state index contributed by atoms with van der Waals surface area (Å²) in [5.41, 5.74) is 0.682. The van der Waals surface area contributed by atoms with Gasteiger partial charge in [-0.2, -0.15) is 5.10 Å². The quantitative estimate of drug-likeness (QED) is 0.623. The Bertz CT molecular complexity index is 536. The smallest absolute Gasteiger partial charge is 0.258 e. The Labute approximate surface area is 120 Å². The molecule has 0 spiro atoms. The standard InChI is InChI=1S/C12H23N5O2S/c1-9(8-17(2)3)16-20(18,19)12-10(7-14-15-12)6-13-11-4-5-11/h7,9,11,13,16H,4-6,8H2,1-3H3,(H,14,15). The fraction of sp³-hybridized carbons (Fsp3) is 0.750. The normalized spacial score (nSPS) is 17.6. The van der Waals surface area contributed by atoms with Gasteiger partial charge < -0.3 is 10.2 Å². The number of aromatic nitrogens is 2. The maximum atomic E-state index is 12.3. The lowest BCUT2D eigenvalue weighted by atomic mass is 10.3. The van der Waals surface area contributed by atoms with Crippen molar-refractivity contribution in [2.75, 3.05) is 20.6 Å². The highest BCUT2D eigenvalue weighted by Crippen LogP contribution is 2.20. The number of nitrogens with one attached hydrogen (secondary N) is 3. The molecule has 8 heteroatoms. The maximum Gasteiger partial charge on any atom is 0.258 e. The molecule has 0 aliphatic heterocycles. The van der Waals surface area contributed by atoms with Crippen LogP contribution in [0.25, 0.3) is 0 Å². The van der Waals surface area contributed by atoms with Crippen LogP contribution < -0.4 is 10.0 Å². The highest BCUT2D eigenvalue weighted by Gasteiger charge is 2.25. The van der Waals surface area contributed by atoms with Crippen molar-refractivity contribution >= 4 is 10.0 Å². The molecule has 2 rings (SSSR count). The number of aromatic amines is 1.